The molecule has 8 heteroatoms. The minimum atomic E-state index is -3.83. The van der Waals surface area contributed by atoms with Crippen molar-refractivity contribution in [2.45, 2.75) is 31.8 Å². The Morgan fingerprint density at radius 2 is 2.00 bits per heavy atom. The van der Waals surface area contributed by atoms with E-state index in [0.29, 0.717) is 0 Å². The number of sulfonamides is 1. The van der Waals surface area contributed by atoms with E-state index in [1.165, 1.54) is 24.4 Å². The van der Waals surface area contributed by atoms with Crippen LogP contribution < -0.4 is 4.72 Å². The van der Waals surface area contributed by atoms with Crippen LogP contribution in [0.2, 0.25) is 0 Å². The van der Waals surface area contributed by atoms with E-state index in [-0.39, 0.29) is 17.1 Å². The minimum Gasteiger partial charge on any atom is -0.391 e. The lowest BCUT2D eigenvalue weighted by Crippen LogP contribution is -2.39. The topological polar surface area (TPSA) is 84.2 Å². The number of halogens is 1. The van der Waals surface area contributed by atoms with Crippen LogP contribution in [0, 0.1) is 11.2 Å². The fourth-order valence-electron chi connectivity index (χ4n) is 1.79. The van der Waals surface area contributed by atoms with Gasteiger partial charge in [-0.1, -0.05) is 32.9 Å². The van der Waals surface area contributed by atoms with Crippen molar-refractivity contribution >= 4 is 10.0 Å². The van der Waals surface area contributed by atoms with Gasteiger partial charge in [0.1, 0.15) is 16.4 Å². The first kappa shape index (κ1) is 17.6. The molecule has 6 nitrogen and oxygen atoms in total. The van der Waals surface area contributed by atoms with Gasteiger partial charge in [0, 0.05) is 6.54 Å². The number of aromatic nitrogens is 2. The molecule has 0 aliphatic carbocycles. The fourth-order valence-corrected chi connectivity index (χ4v) is 2.76. The molecule has 1 atom stereocenters. The molecule has 1 aromatic carbocycles. The van der Waals surface area contributed by atoms with Gasteiger partial charge in [-0.15, -0.1) is 0 Å². The Hall–Kier alpha value is -1.77. The van der Waals surface area contributed by atoms with Crippen LogP contribution in [0.5, 0.6) is 0 Å². The Bertz CT molecular complexity index is 781. The molecule has 0 saturated heterocycles. The molecule has 0 radical (unpaired) electrons. The summed E-state index contributed by atoms with van der Waals surface area (Å²) in [7, 11) is -3.83. The summed E-state index contributed by atoms with van der Waals surface area (Å²) in [5.41, 5.74) is -0.288. The number of benzene rings is 1. The summed E-state index contributed by atoms with van der Waals surface area (Å²) in [6, 6.07) is 5.93. The maximum Gasteiger partial charge on any atom is 0.243 e. The first-order valence-corrected chi connectivity index (χ1v) is 8.57. The van der Waals surface area contributed by atoms with Gasteiger partial charge in [-0.25, -0.2) is 22.2 Å². The zero-order chi connectivity index (χ0) is 17.3. The standard InChI is InChI=1S/C15H20FN3O3S/c1-15(2,3)14(20)9-18-23(21,22)11-8-17-19(10-11)13-7-5-4-6-12(13)16/h4-8,10,14,18,20H,9H2,1-3H3. The van der Waals surface area contributed by atoms with Crippen LogP contribution >= 0.6 is 0 Å². The first-order chi connectivity index (χ1) is 10.6. The number of aliphatic hydroxyl groups is 1. The van der Waals surface area contributed by atoms with Gasteiger partial charge in [0.25, 0.3) is 0 Å². The van der Waals surface area contributed by atoms with E-state index < -0.39 is 27.4 Å². The van der Waals surface area contributed by atoms with Crippen LogP contribution in [0.3, 0.4) is 0 Å². The Labute approximate surface area is 135 Å². The zero-order valence-corrected chi connectivity index (χ0v) is 14.0. The van der Waals surface area contributed by atoms with Gasteiger partial charge in [-0.3, -0.25) is 0 Å². The summed E-state index contributed by atoms with van der Waals surface area (Å²) in [5.74, 6) is -0.504. The highest BCUT2D eigenvalue weighted by molar-refractivity contribution is 7.89. The molecule has 23 heavy (non-hydrogen) atoms. The largest absolute Gasteiger partial charge is 0.391 e. The van der Waals surface area contributed by atoms with Gasteiger partial charge in [0.15, 0.2) is 0 Å². The normalized spacial score (nSPS) is 14.0. The van der Waals surface area contributed by atoms with E-state index in [2.05, 4.69) is 9.82 Å². The van der Waals surface area contributed by atoms with E-state index in [0.717, 1.165) is 10.9 Å². The van der Waals surface area contributed by atoms with Crippen molar-refractivity contribution in [3.8, 4) is 5.69 Å². The maximum absolute atomic E-state index is 13.7. The van der Waals surface area contributed by atoms with Gasteiger partial charge in [0.2, 0.25) is 10.0 Å². The first-order valence-electron chi connectivity index (χ1n) is 7.08. The van der Waals surface area contributed by atoms with Crippen molar-refractivity contribution in [3.05, 3.63) is 42.5 Å². The lowest BCUT2D eigenvalue weighted by Gasteiger charge is -2.25. The fraction of sp³-hybridized carbons (Fsp3) is 0.400. The molecule has 0 spiro atoms. The van der Waals surface area contributed by atoms with E-state index in [9.17, 15) is 17.9 Å². The molecule has 2 N–H and O–H groups in total. The van der Waals surface area contributed by atoms with Crippen LogP contribution in [0.1, 0.15) is 20.8 Å². The lowest BCUT2D eigenvalue weighted by molar-refractivity contribution is 0.0677. The molecule has 0 aliphatic rings. The summed E-state index contributed by atoms with van der Waals surface area (Å²) >= 11 is 0. The Balaban J connectivity index is 2.18. The summed E-state index contributed by atoms with van der Waals surface area (Å²) in [6.45, 7) is 5.31. The Morgan fingerprint density at radius 1 is 1.35 bits per heavy atom. The zero-order valence-electron chi connectivity index (χ0n) is 13.2. The molecule has 0 fully saturated rings. The molecule has 0 amide bonds. The predicted octanol–water partition coefficient (Wildman–Crippen LogP) is 1.70. The molecule has 1 heterocycles. The molecule has 1 unspecified atom stereocenters. The highest BCUT2D eigenvalue weighted by Gasteiger charge is 2.25. The Kier molecular flexibility index (Phi) is 4.88. The van der Waals surface area contributed by atoms with E-state index in [1.54, 1.807) is 6.07 Å². The number of para-hydroxylation sites is 1. The summed E-state index contributed by atoms with van der Waals surface area (Å²) < 4.78 is 41.6. The molecule has 0 bridgehead atoms. The number of rotatable bonds is 5. The monoisotopic (exact) mass is 341 g/mol. The second kappa shape index (κ2) is 6.38. The van der Waals surface area contributed by atoms with Gasteiger partial charge < -0.3 is 5.11 Å². The van der Waals surface area contributed by atoms with Crippen molar-refractivity contribution in [2.75, 3.05) is 6.54 Å². The molecule has 2 rings (SSSR count). The quantitative estimate of drug-likeness (QED) is 0.867. The van der Waals surface area contributed by atoms with Gasteiger partial charge in [0.05, 0.1) is 18.5 Å². The third-order valence-corrected chi connectivity index (χ3v) is 4.81. The second-order valence-corrected chi connectivity index (χ2v) is 8.07. The highest BCUT2D eigenvalue weighted by Crippen LogP contribution is 2.19. The highest BCUT2D eigenvalue weighted by atomic mass is 32.2. The van der Waals surface area contributed by atoms with Crippen LogP contribution in [0.4, 0.5) is 4.39 Å². The molecule has 2 aromatic rings. The average molecular weight is 341 g/mol. The lowest BCUT2D eigenvalue weighted by atomic mass is 9.89. The molecule has 126 valence electrons. The van der Waals surface area contributed by atoms with E-state index >= 15 is 0 Å². The van der Waals surface area contributed by atoms with E-state index in [1.807, 2.05) is 20.8 Å². The van der Waals surface area contributed by atoms with Crippen molar-refractivity contribution in [3.63, 3.8) is 0 Å². The van der Waals surface area contributed by atoms with Crippen molar-refractivity contribution in [1.29, 1.82) is 0 Å². The van der Waals surface area contributed by atoms with Crippen molar-refractivity contribution in [2.24, 2.45) is 5.41 Å². The minimum absolute atomic E-state index is 0.0955. The third-order valence-electron chi connectivity index (χ3n) is 3.43. The maximum atomic E-state index is 13.7. The smallest absolute Gasteiger partial charge is 0.243 e. The number of aliphatic hydroxyl groups excluding tert-OH is 1. The number of hydrogen-bond donors (Lipinski definition) is 2. The van der Waals surface area contributed by atoms with Crippen LogP contribution in [-0.4, -0.2) is 36.0 Å². The third kappa shape index (κ3) is 4.15. The predicted molar refractivity (Wildman–Crippen MR) is 84.2 cm³/mol. The second-order valence-electron chi connectivity index (χ2n) is 6.31. The number of nitrogens with zero attached hydrogens (tertiary/aromatic N) is 2. The molecule has 0 saturated carbocycles. The van der Waals surface area contributed by atoms with Crippen molar-refractivity contribution in [1.82, 2.24) is 14.5 Å². The number of hydrogen-bond acceptors (Lipinski definition) is 4. The van der Waals surface area contributed by atoms with Gasteiger partial charge >= 0.3 is 0 Å². The molecule has 1 aromatic heterocycles. The summed E-state index contributed by atoms with van der Waals surface area (Å²) in [6.07, 6.45) is 1.53. The summed E-state index contributed by atoms with van der Waals surface area (Å²) in [4.78, 5) is -0.0955. The van der Waals surface area contributed by atoms with Gasteiger partial charge in [-0.2, -0.15) is 5.10 Å². The van der Waals surface area contributed by atoms with Crippen LogP contribution in [0.25, 0.3) is 5.69 Å². The van der Waals surface area contributed by atoms with Crippen LogP contribution in [-0.2, 0) is 10.0 Å². The molecule has 0 aliphatic heterocycles. The van der Waals surface area contributed by atoms with Crippen LogP contribution in [0.15, 0.2) is 41.6 Å². The summed E-state index contributed by atoms with van der Waals surface area (Å²) in [5, 5.41) is 13.8. The Morgan fingerprint density at radius 3 is 2.61 bits per heavy atom. The molecular weight excluding hydrogens is 321 g/mol. The van der Waals surface area contributed by atoms with E-state index in [4.69, 9.17) is 0 Å². The average Bonchev–Trinajstić information content (AvgIpc) is 2.94. The SMILES string of the molecule is CC(C)(C)C(O)CNS(=O)(=O)c1cnn(-c2ccccc2F)c1. The van der Waals surface area contributed by atoms with Gasteiger partial charge in [-0.05, 0) is 17.5 Å². The van der Waals surface area contributed by atoms with Crippen molar-refractivity contribution < 1.29 is 17.9 Å². The molecular formula is C15H20FN3O3S. The number of nitrogens with one attached hydrogen (secondary N) is 1.